The first-order chi connectivity index (χ1) is 10.2. The molecule has 1 aromatic rings. The molecule has 5 heteroatoms. The Labute approximate surface area is 128 Å². The standard InChI is InChI=1S/C17H19FO4/c1-9(19)14-13(21)8-17(3,22)16(10(2)20)15(14)11-6-4-5-7-12(11)18/h4-7,15-16,21-22H,8H2,1-3H3/t15-,16-,17-/m0/s1. The van der Waals surface area contributed by atoms with Crippen LogP contribution in [0, 0.1) is 11.7 Å². The lowest BCUT2D eigenvalue weighted by Gasteiger charge is -2.42. The highest BCUT2D eigenvalue weighted by Gasteiger charge is 2.49. The molecule has 118 valence electrons. The van der Waals surface area contributed by atoms with E-state index >= 15 is 0 Å². The first kappa shape index (κ1) is 16.4. The maximum Gasteiger partial charge on any atom is 0.159 e. The number of rotatable bonds is 3. The van der Waals surface area contributed by atoms with Gasteiger partial charge in [0.15, 0.2) is 5.78 Å². The number of benzene rings is 1. The van der Waals surface area contributed by atoms with E-state index in [9.17, 15) is 24.2 Å². The molecule has 0 heterocycles. The summed E-state index contributed by atoms with van der Waals surface area (Å²) >= 11 is 0. The molecule has 0 saturated carbocycles. The van der Waals surface area contributed by atoms with E-state index in [-0.39, 0.29) is 29.1 Å². The summed E-state index contributed by atoms with van der Waals surface area (Å²) in [4.78, 5) is 24.0. The largest absolute Gasteiger partial charge is 0.512 e. The molecule has 0 saturated heterocycles. The average molecular weight is 306 g/mol. The third-order valence-electron chi connectivity index (χ3n) is 4.21. The molecule has 0 bridgehead atoms. The Morgan fingerprint density at radius 3 is 2.36 bits per heavy atom. The molecule has 0 radical (unpaired) electrons. The van der Waals surface area contributed by atoms with Gasteiger partial charge in [-0.1, -0.05) is 18.2 Å². The molecule has 0 unspecified atom stereocenters. The predicted molar refractivity (Wildman–Crippen MR) is 78.9 cm³/mol. The van der Waals surface area contributed by atoms with Crippen LogP contribution in [0.5, 0.6) is 0 Å². The molecule has 0 aliphatic heterocycles. The molecule has 3 atom stereocenters. The van der Waals surface area contributed by atoms with E-state index in [0.29, 0.717) is 0 Å². The van der Waals surface area contributed by atoms with Crippen LogP contribution >= 0.6 is 0 Å². The maximum absolute atomic E-state index is 14.2. The molecular weight excluding hydrogens is 287 g/mol. The number of aliphatic hydroxyl groups is 2. The van der Waals surface area contributed by atoms with Gasteiger partial charge in [-0.05, 0) is 32.4 Å². The van der Waals surface area contributed by atoms with Gasteiger partial charge in [0, 0.05) is 17.9 Å². The van der Waals surface area contributed by atoms with E-state index in [4.69, 9.17) is 0 Å². The Hall–Kier alpha value is -2.01. The second kappa shape index (κ2) is 5.65. The van der Waals surface area contributed by atoms with Crippen molar-refractivity contribution in [3.05, 3.63) is 47.0 Å². The maximum atomic E-state index is 14.2. The van der Waals surface area contributed by atoms with Crippen LogP contribution in [0.25, 0.3) is 0 Å². The summed E-state index contributed by atoms with van der Waals surface area (Å²) in [5.41, 5.74) is -1.43. The minimum absolute atomic E-state index is 0.00294. The lowest BCUT2D eigenvalue weighted by atomic mass is 9.64. The number of hydrogen-bond donors (Lipinski definition) is 2. The van der Waals surface area contributed by atoms with Crippen LogP contribution < -0.4 is 0 Å². The number of ketones is 2. The summed E-state index contributed by atoms with van der Waals surface area (Å²) in [5.74, 6) is -3.66. The van der Waals surface area contributed by atoms with Gasteiger partial charge in [0.1, 0.15) is 17.4 Å². The fourth-order valence-corrected chi connectivity index (χ4v) is 3.41. The normalized spacial score (nSPS) is 28.6. The molecule has 22 heavy (non-hydrogen) atoms. The van der Waals surface area contributed by atoms with Gasteiger partial charge in [-0.3, -0.25) is 9.59 Å². The van der Waals surface area contributed by atoms with Crippen molar-refractivity contribution in [1.29, 1.82) is 0 Å². The van der Waals surface area contributed by atoms with Crippen molar-refractivity contribution in [3.63, 3.8) is 0 Å². The number of carbonyl (C=O) groups is 2. The number of hydrogen-bond acceptors (Lipinski definition) is 4. The summed E-state index contributed by atoms with van der Waals surface area (Å²) < 4.78 is 14.2. The zero-order valence-corrected chi connectivity index (χ0v) is 12.8. The summed E-state index contributed by atoms with van der Waals surface area (Å²) in [6.07, 6.45) is -0.211. The topological polar surface area (TPSA) is 74.6 Å². The van der Waals surface area contributed by atoms with Crippen LogP contribution in [-0.2, 0) is 9.59 Å². The van der Waals surface area contributed by atoms with Crippen LogP contribution in [0.15, 0.2) is 35.6 Å². The van der Waals surface area contributed by atoms with Crippen molar-refractivity contribution < 1.29 is 24.2 Å². The molecule has 4 nitrogen and oxygen atoms in total. The van der Waals surface area contributed by atoms with Crippen LogP contribution in [0.3, 0.4) is 0 Å². The van der Waals surface area contributed by atoms with Crippen molar-refractivity contribution in [3.8, 4) is 0 Å². The van der Waals surface area contributed by atoms with Crippen molar-refractivity contribution in [2.24, 2.45) is 5.92 Å². The molecule has 1 aliphatic rings. The van der Waals surface area contributed by atoms with Crippen molar-refractivity contribution in [2.45, 2.75) is 38.7 Å². The second-order valence-electron chi connectivity index (χ2n) is 6.04. The Balaban J connectivity index is 2.75. The molecule has 0 spiro atoms. The zero-order valence-electron chi connectivity index (χ0n) is 12.8. The van der Waals surface area contributed by atoms with E-state index in [0.717, 1.165) is 0 Å². The second-order valence-corrected chi connectivity index (χ2v) is 6.04. The van der Waals surface area contributed by atoms with Crippen molar-refractivity contribution in [2.75, 3.05) is 0 Å². The number of halogens is 1. The lowest BCUT2D eigenvalue weighted by Crippen LogP contribution is -2.47. The lowest BCUT2D eigenvalue weighted by molar-refractivity contribution is -0.132. The number of aliphatic hydroxyl groups excluding tert-OH is 1. The van der Waals surface area contributed by atoms with Gasteiger partial charge in [0.25, 0.3) is 0 Å². The highest BCUT2D eigenvalue weighted by Crippen LogP contribution is 2.47. The molecule has 0 aromatic heterocycles. The molecular formula is C17H19FO4. The molecule has 0 fully saturated rings. The van der Waals surface area contributed by atoms with Crippen LogP contribution in [0.1, 0.15) is 38.7 Å². The van der Waals surface area contributed by atoms with Crippen LogP contribution in [0.2, 0.25) is 0 Å². The fourth-order valence-electron chi connectivity index (χ4n) is 3.41. The smallest absolute Gasteiger partial charge is 0.159 e. The fraction of sp³-hybridized carbons (Fsp3) is 0.412. The van der Waals surface area contributed by atoms with Crippen LogP contribution in [-0.4, -0.2) is 27.4 Å². The molecule has 2 N–H and O–H groups in total. The van der Waals surface area contributed by atoms with E-state index in [1.807, 2.05) is 0 Å². The van der Waals surface area contributed by atoms with Gasteiger partial charge >= 0.3 is 0 Å². The number of Topliss-reactive ketones (excluding diaryl/α,β-unsaturated/α-hetero) is 2. The highest BCUT2D eigenvalue weighted by molar-refractivity contribution is 5.97. The molecule has 1 aliphatic carbocycles. The molecule has 1 aromatic carbocycles. The first-order valence-electron chi connectivity index (χ1n) is 7.07. The quantitative estimate of drug-likeness (QED) is 0.900. The summed E-state index contributed by atoms with van der Waals surface area (Å²) in [7, 11) is 0. The van der Waals surface area contributed by atoms with Crippen molar-refractivity contribution >= 4 is 11.6 Å². The SMILES string of the molecule is CC(=O)C1=C(O)C[C@](C)(O)[C@@H](C(C)=O)[C@H]1c1ccccc1F. The van der Waals surface area contributed by atoms with E-state index in [2.05, 4.69) is 0 Å². The monoisotopic (exact) mass is 306 g/mol. The Kier molecular flexibility index (Phi) is 4.20. The minimum atomic E-state index is -1.55. The summed E-state index contributed by atoms with van der Waals surface area (Å²) in [6.45, 7) is 3.98. The zero-order chi connectivity index (χ0) is 16.7. The minimum Gasteiger partial charge on any atom is -0.512 e. The number of carbonyl (C=O) groups excluding carboxylic acids is 2. The highest BCUT2D eigenvalue weighted by atomic mass is 19.1. The van der Waals surface area contributed by atoms with Gasteiger partial charge in [0.2, 0.25) is 0 Å². The number of allylic oxidation sites excluding steroid dienone is 1. The van der Waals surface area contributed by atoms with Crippen molar-refractivity contribution in [1.82, 2.24) is 0 Å². The average Bonchev–Trinajstić information content (AvgIpc) is 2.35. The third-order valence-corrected chi connectivity index (χ3v) is 4.21. The first-order valence-corrected chi connectivity index (χ1v) is 7.07. The van der Waals surface area contributed by atoms with E-state index in [1.165, 1.54) is 39.0 Å². The molecule has 2 rings (SSSR count). The Bertz CT molecular complexity index is 660. The third kappa shape index (κ3) is 2.68. The van der Waals surface area contributed by atoms with Crippen LogP contribution in [0.4, 0.5) is 4.39 Å². The summed E-state index contributed by atoms with van der Waals surface area (Å²) in [6, 6.07) is 5.78. The van der Waals surface area contributed by atoms with E-state index < -0.39 is 29.0 Å². The van der Waals surface area contributed by atoms with Gasteiger partial charge in [-0.25, -0.2) is 4.39 Å². The van der Waals surface area contributed by atoms with E-state index in [1.54, 1.807) is 6.07 Å². The Morgan fingerprint density at radius 1 is 1.27 bits per heavy atom. The van der Waals surface area contributed by atoms with Gasteiger partial charge < -0.3 is 10.2 Å². The van der Waals surface area contributed by atoms with Gasteiger partial charge in [-0.2, -0.15) is 0 Å². The summed E-state index contributed by atoms with van der Waals surface area (Å²) in [5, 5.41) is 20.7. The molecule has 0 amide bonds. The van der Waals surface area contributed by atoms with Gasteiger partial charge in [0.05, 0.1) is 11.5 Å². The van der Waals surface area contributed by atoms with Gasteiger partial charge in [-0.15, -0.1) is 0 Å². The predicted octanol–water partition coefficient (Wildman–Crippen LogP) is 2.67. The Morgan fingerprint density at radius 2 is 1.86 bits per heavy atom.